The average molecular weight is 377 g/mol. The predicted molar refractivity (Wildman–Crippen MR) is 98.5 cm³/mol. The third kappa shape index (κ3) is 4.95. The number of nitrogens with zero attached hydrogens (tertiary/aromatic N) is 1. The van der Waals surface area contributed by atoms with E-state index in [-0.39, 0.29) is 22.6 Å². The predicted octanol–water partition coefficient (Wildman–Crippen LogP) is 3.71. The molecule has 0 bridgehead atoms. The largest absolute Gasteiger partial charge is 0.481 e. The van der Waals surface area contributed by atoms with E-state index in [2.05, 4.69) is 10.3 Å². The SMILES string of the molecule is CC(C)Oc1ncc(C(=O)N[C@H](c2ccccc2)[C@@H](C)C(=O)O)cc1Cl. The number of rotatable bonds is 7. The Labute approximate surface area is 157 Å². The standard InChI is InChI=1S/C19H21ClN2O4/c1-11(2)26-18-15(20)9-14(10-21-18)17(23)22-16(12(3)19(24)25)13-7-5-4-6-8-13/h4-12,16H,1-3H3,(H,22,23)(H,24,25)/t12-,16+/m1/s1. The van der Waals surface area contributed by atoms with Crippen molar-refractivity contribution in [2.24, 2.45) is 5.92 Å². The van der Waals surface area contributed by atoms with Gasteiger partial charge < -0.3 is 15.2 Å². The molecule has 7 heteroatoms. The van der Waals surface area contributed by atoms with Crippen molar-refractivity contribution in [2.75, 3.05) is 0 Å². The number of hydrogen-bond donors (Lipinski definition) is 2. The van der Waals surface area contributed by atoms with Crippen molar-refractivity contribution in [1.29, 1.82) is 0 Å². The Morgan fingerprint density at radius 3 is 2.38 bits per heavy atom. The van der Waals surface area contributed by atoms with Gasteiger partial charge in [0.05, 0.1) is 23.6 Å². The summed E-state index contributed by atoms with van der Waals surface area (Å²) in [5, 5.41) is 12.3. The molecule has 0 saturated heterocycles. The van der Waals surface area contributed by atoms with Gasteiger partial charge in [0.15, 0.2) is 0 Å². The molecule has 0 fully saturated rings. The van der Waals surface area contributed by atoms with Gasteiger partial charge in [-0.3, -0.25) is 9.59 Å². The van der Waals surface area contributed by atoms with Crippen molar-refractivity contribution in [3.8, 4) is 5.88 Å². The normalized spacial score (nSPS) is 13.1. The number of pyridine rings is 1. The highest BCUT2D eigenvalue weighted by molar-refractivity contribution is 6.32. The molecule has 2 aromatic rings. The quantitative estimate of drug-likeness (QED) is 0.768. The van der Waals surface area contributed by atoms with E-state index >= 15 is 0 Å². The Hall–Kier alpha value is -2.60. The Morgan fingerprint density at radius 2 is 1.85 bits per heavy atom. The van der Waals surface area contributed by atoms with Gasteiger partial charge in [-0.2, -0.15) is 0 Å². The van der Waals surface area contributed by atoms with Crippen molar-refractivity contribution < 1.29 is 19.4 Å². The number of halogens is 1. The fourth-order valence-electron chi connectivity index (χ4n) is 2.38. The minimum absolute atomic E-state index is 0.0986. The van der Waals surface area contributed by atoms with Crippen LogP contribution in [0.15, 0.2) is 42.6 Å². The first kappa shape index (κ1) is 19.7. The smallest absolute Gasteiger partial charge is 0.308 e. The lowest BCUT2D eigenvalue weighted by molar-refractivity contribution is -0.142. The van der Waals surface area contributed by atoms with E-state index in [4.69, 9.17) is 16.3 Å². The Bertz CT molecular complexity index is 780. The number of carbonyl (C=O) groups excluding carboxylic acids is 1. The topological polar surface area (TPSA) is 88.5 Å². The second-order valence-electron chi connectivity index (χ2n) is 6.17. The number of amides is 1. The van der Waals surface area contributed by atoms with Gasteiger partial charge in [-0.25, -0.2) is 4.98 Å². The number of carbonyl (C=O) groups is 2. The molecule has 0 radical (unpaired) electrons. The summed E-state index contributed by atoms with van der Waals surface area (Å²) in [5.41, 5.74) is 0.930. The summed E-state index contributed by atoms with van der Waals surface area (Å²) < 4.78 is 5.45. The molecular formula is C19H21ClN2O4. The molecule has 2 rings (SSSR count). The summed E-state index contributed by atoms with van der Waals surface area (Å²) in [6.07, 6.45) is 1.26. The van der Waals surface area contributed by atoms with Crippen LogP contribution in [0.5, 0.6) is 5.88 Å². The van der Waals surface area contributed by atoms with Gasteiger partial charge in [-0.15, -0.1) is 0 Å². The summed E-state index contributed by atoms with van der Waals surface area (Å²) in [4.78, 5) is 28.1. The minimum Gasteiger partial charge on any atom is -0.481 e. The molecule has 138 valence electrons. The van der Waals surface area contributed by atoms with Crippen molar-refractivity contribution in [1.82, 2.24) is 10.3 Å². The summed E-state index contributed by atoms with van der Waals surface area (Å²) >= 11 is 6.12. The number of hydrogen-bond acceptors (Lipinski definition) is 4. The molecular weight excluding hydrogens is 356 g/mol. The summed E-state index contributed by atoms with van der Waals surface area (Å²) in [6.45, 7) is 5.23. The lowest BCUT2D eigenvalue weighted by Gasteiger charge is -2.23. The van der Waals surface area contributed by atoms with E-state index in [9.17, 15) is 14.7 Å². The number of aromatic nitrogens is 1. The van der Waals surface area contributed by atoms with Crippen LogP contribution < -0.4 is 10.1 Å². The average Bonchev–Trinajstić information content (AvgIpc) is 2.60. The number of nitrogens with one attached hydrogen (secondary N) is 1. The van der Waals surface area contributed by atoms with Crippen molar-refractivity contribution in [3.63, 3.8) is 0 Å². The maximum Gasteiger partial charge on any atom is 0.308 e. The van der Waals surface area contributed by atoms with Crippen molar-refractivity contribution in [3.05, 3.63) is 58.7 Å². The highest BCUT2D eigenvalue weighted by Crippen LogP contribution is 2.25. The third-order valence-electron chi connectivity index (χ3n) is 3.75. The van der Waals surface area contributed by atoms with Crippen LogP contribution in [0, 0.1) is 5.92 Å². The van der Waals surface area contributed by atoms with Crippen LogP contribution in [0.25, 0.3) is 0 Å². The maximum atomic E-state index is 12.6. The van der Waals surface area contributed by atoms with Crippen LogP contribution in [0.4, 0.5) is 0 Å². The van der Waals surface area contributed by atoms with Gasteiger partial charge in [0.1, 0.15) is 5.02 Å². The van der Waals surface area contributed by atoms with Crippen molar-refractivity contribution >= 4 is 23.5 Å². The van der Waals surface area contributed by atoms with Gasteiger partial charge in [-0.1, -0.05) is 41.9 Å². The van der Waals surface area contributed by atoms with E-state index in [1.807, 2.05) is 19.9 Å². The zero-order valence-electron chi connectivity index (χ0n) is 14.8. The molecule has 0 saturated carbocycles. The summed E-state index contributed by atoms with van der Waals surface area (Å²) in [6, 6.07) is 9.72. The van der Waals surface area contributed by atoms with Crippen LogP contribution >= 0.6 is 11.6 Å². The number of aliphatic carboxylic acids is 1. The monoisotopic (exact) mass is 376 g/mol. The molecule has 6 nitrogen and oxygen atoms in total. The molecule has 0 unspecified atom stereocenters. The first-order chi connectivity index (χ1) is 12.3. The van der Waals surface area contributed by atoms with Crippen LogP contribution in [0.1, 0.15) is 42.7 Å². The first-order valence-electron chi connectivity index (χ1n) is 8.20. The molecule has 1 amide bonds. The van der Waals surface area contributed by atoms with Gasteiger partial charge >= 0.3 is 5.97 Å². The summed E-state index contributed by atoms with van der Waals surface area (Å²) in [7, 11) is 0. The van der Waals surface area contributed by atoms with Crippen LogP contribution in [0.2, 0.25) is 5.02 Å². The molecule has 0 aliphatic rings. The zero-order valence-corrected chi connectivity index (χ0v) is 15.5. The lowest BCUT2D eigenvalue weighted by atomic mass is 9.94. The van der Waals surface area contributed by atoms with Gasteiger partial charge in [0, 0.05) is 6.20 Å². The van der Waals surface area contributed by atoms with Gasteiger partial charge in [0.2, 0.25) is 5.88 Å². The Morgan fingerprint density at radius 1 is 1.19 bits per heavy atom. The van der Waals surface area contributed by atoms with E-state index in [0.29, 0.717) is 5.56 Å². The first-order valence-corrected chi connectivity index (χ1v) is 8.58. The molecule has 0 aliphatic carbocycles. The van der Waals surface area contributed by atoms with E-state index < -0.39 is 23.8 Å². The van der Waals surface area contributed by atoms with Crippen LogP contribution in [-0.2, 0) is 4.79 Å². The Balaban J connectivity index is 2.24. The van der Waals surface area contributed by atoms with Crippen LogP contribution in [0.3, 0.4) is 0 Å². The maximum absolute atomic E-state index is 12.6. The molecule has 2 N–H and O–H groups in total. The fourth-order valence-corrected chi connectivity index (χ4v) is 2.59. The molecule has 0 aliphatic heterocycles. The van der Waals surface area contributed by atoms with E-state index in [1.54, 1.807) is 31.2 Å². The second kappa shape index (κ2) is 8.67. The fraction of sp³-hybridized carbons (Fsp3) is 0.316. The second-order valence-corrected chi connectivity index (χ2v) is 6.57. The molecule has 1 aromatic heterocycles. The molecule has 1 aromatic carbocycles. The van der Waals surface area contributed by atoms with Gasteiger partial charge in [0.25, 0.3) is 5.91 Å². The van der Waals surface area contributed by atoms with Crippen LogP contribution in [-0.4, -0.2) is 28.1 Å². The molecule has 26 heavy (non-hydrogen) atoms. The van der Waals surface area contributed by atoms with Gasteiger partial charge in [-0.05, 0) is 32.4 Å². The van der Waals surface area contributed by atoms with Crippen molar-refractivity contribution in [2.45, 2.75) is 32.9 Å². The lowest BCUT2D eigenvalue weighted by Crippen LogP contribution is -2.35. The third-order valence-corrected chi connectivity index (χ3v) is 4.02. The van der Waals surface area contributed by atoms with E-state index in [0.717, 1.165) is 0 Å². The zero-order chi connectivity index (χ0) is 19.3. The highest BCUT2D eigenvalue weighted by Gasteiger charge is 2.27. The molecule has 0 spiro atoms. The minimum atomic E-state index is -1.00. The number of carboxylic acids is 1. The summed E-state index contributed by atoms with van der Waals surface area (Å²) in [5.74, 6) is -2.03. The molecule has 2 atom stereocenters. The Kier molecular flexibility index (Phi) is 6.58. The highest BCUT2D eigenvalue weighted by atomic mass is 35.5. The van der Waals surface area contributed by atoms with E-state index in [1.165, 1.54) is 12.3 Å². The molecule has 1 heterocycles. The number of carboxylic acid groups (broad SMARTS) is 1. The number of ether oxygens (including phenoxy) is 1. The number of benzene rings is 1.